The summed E-state index contributed by atoms with van der Waals surface area (Å²) < 4.78 is 11.3. The van der Waals surface area contributed by atoms with Gasteiger partial charge in [-0.25, -0.2) is 0 Å². The van der Waals surface area contributed by atoms with Gasteiger partial charge in [0.05, 0.1) is 18.2 Å². The predicted octanol–water partition coefficient (Wildman–Crippen LogP) is 3.69. The molecule has 1 saturated carbocycles. The number of benzene rings is 1. The van der Waals surface area contributed by atoms with Crippen molar-refractivity contribution >= 4 is 17.6 Å². The van der Waals surface area contributed by atoms with Crippen molar-refractivity contribution in [2.24, 2.45) is 0 Å². The Morgan fingerprint density at radius 3 is 2.70 bits per heavy atom. The molecule has 0 heterocycles. The Morgan fingerprint density at radius 2 is 2.10 bits per heavy atom. The van der Waals surface area contributed by atoms with Crippen LogP contribution in [-0.2, 0) is 11.2 Å². The first kappa shape index (κ1) is 15.0. The molecule has 1 N–H and O–H groups in total. The van der Waals surface area contributed by atoms with Gasteiger partial charge in [-0.1, -0.05) is 11.6 Å². The lowest BCUT2D eigenvalue weighted by molar-refractivity contribution is -0.136. The van der Waals surface area contributed by atoms with Gasteiger partial charge in [-0.05, 0) is 49.8 Å². The van der Waals surface area contributed by atoms with Crippen LogP contribution in [0.3, 0.4) is 0 Å². The fourth-order valence-electron chi connectivity index (χ4n) is 2.49. The van der Waals surface area contributed by atoms with Crippen LogP contribution in [0.15, 0.2) is 12.1 Å². The number of carboxylic acid groups (broad SMARTS) is 1. The van der Waals surface area contributed by atoms with Gasteiger partial charge in [-0.3, -0.25) is 4.79 Å². The van der Waals surface area contributed by atoms with Crippen LogP contribution in [0.25, 0.3) is 0 Å². The van der Waals surface area contributed by atoms with Gasteiger partial charge in [-0.15, -0.1) is 0 Å². The summed E-state index contributed by atoms with van der Waals surface area (Å²) in [5.74, 6) is 0.320. The zero-order valence-electron chi connectivity index (χ0n) is 11.5. The third kappa shape index (κ3) is 3.79. The number of hydrogen-bond donors (Lipinski definition) is 1. The van der Waals surface area contributed by atoms with Crippen LogP contribution in [0.5, 0.6) is 11.5 Å². The minimum Gasteiger partial charge on any atom is -0.491 e. The predicted molar refractivity (Wildman–Crippen MR) is 76.8 cm³/mol. The van der Waals surface area contributed by atoms with Crippen molar-refractivity contribution in [3.63, 3.8) is 0 Å². The van der Waals surface area contributed by atoms with Gasteiger partial charge in [0.2, 0.25) is 0 Å². The fraction of sp³-hybridized carbons (Fsp3) is 0.533. The maximum Gasteiger partial charge on any atom is 0.303 e. The molecule has 0 saturated heterocycles. The normalized spacial score (nSPS) is 15.3. The molecule has 1 aliphatic carbocycles. The summed E-state index contributed by atoms with van der Waals surface area (Å²) in [6, 6.07) is 3.58. The van der Waals surface area contributed by atoms with Crippen LogP contribution in [0, 0.1) is 0 Å². The Balaban J connectivity index is 2.19. The van der Waals surface area contributed by atoms with Crippen molar-refractivity contribution in [1.82, 2.24) is 0 Å². The van der Waals surface area contributed by atoms with E-state index in [1.54, 1.807) is 13.2 Å². The molecule has 2 rings (SSSR count). The van der Waals surface area contributed by atoms with Gasteiger partial charge in [0.25, 0.3) is 0 Å². The SMILES string of the molecule is COc1c(Cl)cc(CCC(=O)O)cc1OC1CCCC1. The quantitative estimate of drug-likeness (QED) is 0.870. The molecule has 0 atom stereocenters. The third-order valence-corrected chi connectivity index (χ3v) is 3.78. The highest BCUT2D eigenvalue weighted by atomic mass is 35.5. The van der Waals surface area contributed by atoms with Crippen molar-refractivity contribution < 1.29 is 19.4 Å². The molecule has 1 fully saturated rings. The van der Waals surface area contributed by atoms with E-state index in [9.17, 15) is 4.79 Å². The Labute approximate surface area is 123 Å². The molecule has 1 aliphatic rings. The Hall–Kier alpha value is -1.42. The Kier molecular flexibility index (Phi) is 5.12. The molecule has 0 unspecified atom stereocenters. The molecule has 5 heteroatoms. The van der Waals surface area contributed by atoms with Crippen molar-refractivity contribution in [1.29, 1.82) is 0 Å². The highest BCUT2D eigenvalue weighted by Gasteiger charge is 2.20. The number of ether oxygens (including phenoxy) is 2. The summed E-state index contributed by atoms with van der Waals surface area (Å²) in [5.41, 5.74) is 0.853. The van der Waals surface area contributed by atoms with E-state index in [-0.39, 0.29) is 12.5 Å². The lowest BCUT2D eigenvalue weighted by atomic mass is 10.1. The summed E-state index contributed by atoms with van der Waals surface area (Å²) in [6.07, 6.45) is 5.15. The van der Waals surface area contributed by atoms with Crippen molar-refractivity contribution in [2.75, 3.05) is 7.11 Å². The maximum absolute atomic E-state index is 10.7. The smallest absolute Gasteiger partial charge is 0.303 e. The van der Waals surface area contributed by atoms with Crippen LogP contribution in [0.1, 0.15) is 37.7 Å². The number of rotatable bonds is 6. The number of halogens is 1. The number of carbonyl (C=O) groups is 1. The van der Waals surface area contributed by atoms with Crippen molar-refractivity contribution in [3.8, 4) is 11.5 Å². The first-order valence-corrected chi connectivity index (χ1v) is 7.23. The average Bonchev–Trinajstić information content (AvgIpc) is 2.89. The summed E-state index contributed by atoms with van der Waals surface area (Å²) in [4.78, 5) is 10.7. The van der Waals surface area contributed by atoms with Crippen LogP contribution >= 0.6 is 11.6 Å². The zero-order chi connectivity index (χ0) is 14.5. The van der Waals surface area contributed by atoms with Crippen molar-refractivity contribution in [2.45, 2.75) is 44.6 Å². The summed E-state index contributed by atoms with van der Waals surface area (Å²) in [5, 5.41) is 9.22. The first-order valence-electron chi connectivity index (χ1n) is 6.85. The molecule has 1 aromatic rings. The number of carboxylic acids is 1. The fourth-order valence-corrected chi connectivity index (χ4v) is 2.80. The van der Waals surface area contributed by atoms with Gasteiger partial charge >= 0.3 is 5.97 Å². The topological polar surface area (TPSA) is 55.8 Å². The molecule has 1 aromatic carbocycles. The van der Waals surface area contributed by atoms with E-state index in [0.29, 0.717) is 22.9 Å². The van der Waals surface area contributed by atoms with Gasteiger partial charge in [0.1, 0.15) is 0 Å². The van der Waals surface area contributed by atoms with E-state index in [1.165, 1.54) is 12.8 Å². The van der Waals surface area contributed by atoms with Crippen molar-refractivity contribution in [3.05, 3.63) is 22.7 Å². The molecule has 20 heavy (non-hydrogen) atoms. The van der Waals surface area contributed by atoms with Gasteiger partial charge in [-0.2, -0.15) is 0 Å². The molecular formula is C15H19ClO4. The van der Waals surface area contributed by atoms with E-state index in [0.717, 1.165) is 18.4 Å². The second-order valence-electron chi connectivity index (χ2n) is 5.03. The number of methoxy groups -OCH3 is 1. The van der Waals surface area contributed by atoms with E-state index in [1.807, 2.05) is 6.07 Å². The zero-order valence-corrected chi connectivity index (χ0v) is 12.3. The maximum atomic E-state index is 10.7. The van der Waals surface area contributed by atoms with E-state index >= 15 is 0 Å². The van der Waals surface area contributed by atoms with E-state index < -0.39 is 5.97 Å². The third-order valence-electron chi connectivity index (χ3n) is 3.50. The first-order chi connectivity index (χ1) is 9.60. The molecule has 0 amide bonds. The molecule has 4 nitrogen and oxygen atoms in total. The Bertz CT molecular complexity index is 481. The second-order valence-corrected chi connectivity index (χ2v) is 5.43. The summed E-state index contributed by atoms with van der Waals surface area (Å²) in [6.45, 7) is 0. The second kappa shape index (κ2) is 6.84. The van der Waals surface area contributed by atoms with Gasteiger partial charge in [0.15, 0.2) is 11.5 Å². The molecule has 0 aromatic heterocycles. The molecule has 0 spiro atoms. The minimum absolute atomic E-state index is 0.0749. The van der Waals surface area contributed by atoms with Crippen LogP contribution < -0.4 is 9.47 Å². The molecule has 0 bridgehead atoms. The van der Waals surface area contributed by atoms with Gasteiger partial charge in [0, 0.05) is 6.42 Å². The standard InChI is InChI=1S/C15H19ClO4/c1-19-15-12(16)8-10(6-7-14(17)18)9-13(15)20-11-4-2-3-5-11/h8-9,11H,2-7H2,1H3,(H,17,18). The average molecular weight is 299 g/mol. The lowest BCUT2D eigenvalue weighted by Crippen LogP contribution is -2.12. The van der Waals surface area contributed by atoms with Gasteiger partial charge < -0.3 is 14.6 Å². The van der Waals surface area contributed by atoms with E-state index in [4.69, 9.17) is 26.2 Å². The molecule has 110 valence electrons. The lowest BCUT2D eigenvalue weighted by Gasteiger charge is -2.18. The van der Waals surface area contributed by atoms with Crippen LogP contribution in [0.4, 0.5) is 0 Å². The number of aliphatic carboxylic acids is 1. The summed E-state index contributed by atoms with van der Waals surface area (Å²) in [7, 11) is 1.56. The highest BCUT2D eigenvalue weighted by molar-refractivity contribution is 6.32. The Morgan fingerprint density at radius 1 is 1.40 bits per heavy atom. The van der Waals surface area contributed by atoms with Crippen LogP contribution in [0.2, 0.25) is 5.02 Å². The number of aryl methyl sites for hydroxylation is 1. The summed E-state index contributed by atoms with van der Waals surface area (Å²) >= 11 is 6.18. The van der Waals surface area contributed by atoms with E-state index in [2.05, 4.69) is 0 Å². The molecular weight excluding hydrogens is 280 g/mol. The van der Waals surface area contributed by atoms with Crippen LogP contribution in [-0.4, -0.2) is 24.3 Å². The largest absolute Gasteiger partial charge is 0.491 e. The monoisotopic (exact) mass is 298 g/mol. The molecule has 0 aliphatic heterocycles. The minimum atomic E-state index is -0.824. The highest BCUT2D eigenvalue weighted by Crippen LogP contribution is 2.38. The number of hydrogen-bond acceptors (Lipinski definition) is 3. The molecule has 0 radical (unpaired) electrons.